The molecule has 3 rings (SSSR count). The van der Waals surface area contributed by atoms with Crippen LogP contribution >= 0.6 is 11.3 Å². The second kappa shape index (κ2) is 5.95. The van der Waals surface area contributed by atoms with Crippen molar-refractivity contribution in [1.29, 1.82) is 0 Å². The highest BCUT2D eigenvalue weighted by Crippen LogP contribution is 2.31. The third-order valence-corrected chi connectivity index (χ3v) is 4.83. The van der Waals surface area contributed by atoms with Gasteiger partial charge in [-0.05, 0) is 38.7 Å². The molecule has 0 atom stereocenters. The van der Waals surface area contributed by atoms with Crippen LogP contribution in [0.15, 0.2) is 6.07 Å². The Morgan fingerprint density at radius 3 is 2.80 bits per heavy atom. The zero-order valence-electron chi connectivity index (χ0n) is 12.2. The number of nitrogens with zero attached hydrogens (tertiary/aromatic N) is 2. The molecule has 0 aromatic carbocycles. The average molecular weight is 290 g/mol. The molecule has 0 amide bonds. The summed E-state index contributed by atoms with van der Waals surface area (Å²) in [5.41, 5.74) is 0. The first-order valence-electron chi connectivity index (χ1n) is 7.52. The lowest BCUT2D eigenvalue weighted by molar-refractivity contribution is 0.579. The molecule has 20 heavy (non-hydrogen) atoms. The molecule has 0 bridgehead atoms. The van der Waals surface area contributed by atoms with Gasteiger partial charge in [0.15, 0.2) is 0 Å². The van der Waals surface area contributed by atoms with Gasteiger partial charge in [-0.25, -0.2) is 4.98 Å². The topological polar surface area (TPSA) is 49.8 Å². The molecule has 2 heterocycles. The zero-order chi connectivity index (χ0) is 13.9. The van der Waals surface area contributed by atoms with E-state index in [0.29, 0.717) is 0 Å². The second-order valence-electron chi connectivity index (χ2n) is 5.53. The summed E-state index contributed by atoms with van der Waals surface area (Å²) in [5.74, 6) is 2.53. The van der Waals surface area contributed by atoms with E-state index in [0.717, 1.165) is 41.0 Å². The maximum Gasteiger partial charge on any atom is 0.226 e. The first-order chi connectivity index (χ1) is 9.76. The number of nitrogens with one attached hydrogen (secondary N) is 2. The predicted octanol–water partition coefficient (Wildman–Crippen LogP) is 4.03. The van der Waals surface area contributed by atoms with Gasteiger partial charge in [-0.1, -0.05) is 12.8 Å². The molecule has 2 N–H and O–H groups in total. The molecule has 2 aromatic rings. The van der Waals surface area contributed by atoms with Crippen LogP contribution in [0.25, 0.3) is 10.2 Å². The van der Waals surface area contributed by atoms with Crippen molar-refractivity contribution in [2.75, 3.05) is 23.7 Å². The molecule has 0 saturated heterocycles. The van der Waals surface area contributed by atoms with Crippen LogP contribution in [0.4, 0.5) is 11.8 Å². The number of hydrogen-bond donors (Lipinski definition) is 2. The van der Waals surface area contributed by atoms with Crippen molar-refractivity contribution in [1.82, 2.24) is 9.97 Å². The van der Waals surface area contributed by atoms with Crippen molar-refractivity contribution < 1.29 is 0 Å². The number of fused-ring (bicyclic) bond motifs is 1. The van der Waals surface area contributed by atoms with Crippen LogP contribution in [0, 0.1) is 12.8 Å². The summed E-state index contributed by atoms with van der Waals surface area (Å²) in [5, 5.41) is 7.94. The number of rotatable bonds is 5. The van der Waals surface area contributed by atoms with Crippen molar-refractivity contribution in [2.45, 2.75) is 39.5 Å². The minimum atomic E-state index is 0.732. The molecule has 1 aliphatic carbocycles. The molecule has 0 aliphatic heterocycles. The summed E-state index contributed by atoms with van der Waals surface area (Å²) in [6, 6.07) is 2.19. The third kappa shape index (κ3) is 2.87. The van der Waals surface area contributed by atoms with E-state index in [1.54, 1.807) is 11.3 Å². The lowest BCUT2D eigenvalue weighted by Gasteiger charge is -2.13. The van der Waals surface area contributed by atoms with Crippen molar-refractivity contribution in [3.63, 3.8) is 0 Å². The van der Waals surface area contributed by atoms with E-state index in [1.807, 2.05) is 0 Å². The Labute approximate surface area is 124 Å². The Hall–Kier alpha value is -1.36. The lowest BCUT2D eigenvalue weighted by Crippen LogP contribution is -2.13. The Morgan fingerprint density at radius 1 is 1.25 bits per heavy atom. The molecule has 0 radical (unpaired) electrons. The smallest absolute Gasteiger partial charge is 0.226 e. The van der Waals surface area contributed by atoms with Crippen LogP contribution in [0.1, 0.15) is 37.5 Å². The molecule has 2 aromatic heterocycles. The summed E-state index contributed by atoms with van der Waals surface area (Å²) in [6.45, 7) is 6.07. The number of aryl methyl sites for hydroxylation is 1. The van der Waals surface area contributed by atoms with E-state index in [9.17, 15) is 0 Å². The van der Waals surface area contributed by atoms with Gasteiger partial charge < -0.3 is 10.6 Å². The van der Waals surface area contributed by atoms with Gasteiger partial charge in [-0.15, -0.1) is 11.3 Å². The van der Waals surface area contributed by atoms with Gasteiger partial charge >= 0.3 is 0 Å². The van der Waals surface area contributed by atoms with Crippen LogP contribution < -0.4 is 10.6 Å². The maximum absolute atomic E-state index is 4.64. The van der Waals surface area contributed by atoms with Crippen molar-refractivity contribution in [3.05, 3.63) is 10.9 Å². The Bertz CT molecular complexity index is 587. The fraction of sp³-hybridized carbons (Fsp3) is 0.600. The molecule has 4 nitrogen and oxygen atoms in total. The fourth-order valence-electron chi connectivity index (χ4n) is 2.87. The van der Waals surface area contributed by atoms with Gasteiger partial charge in [0.05, 0.1) is 5.39 Å². The van der Waals surface area contributed by atoms with Crippen molar-refractivity contribution >= 4 is 33.3 Å². The molecule has 0 spiro atoms. The van der Waals surface area contributed by atoms with Crippen LogP contribution in [0.5, 0.6) is 0 Å². The first kappa shape index (κ1) is 13.6. The molecular weight excluding hydrogens is 268 g/mol. The molecular formula is C15H22N4S. The average Bonchev–Trinajstić information content (AvgIpc) is 3.04. The number of aromatic nitrogens is 2. The summed E-state index contributed by atoms with van der Waals surface area (Å²) < 4.78 is 0. The number of thiophene rings is 1. The van der Waals surface area contributed by atoms with Crippen molar-refractivity contribution in [3.8, 4) is 0 Å². The maximum atomic E-state index is 4.64. The van der Waals surface area contributed by atoms with E-state index in [4.69, 9.17) is 0 Å². The summed E-state index contributed by atoms with van der Waals surface area (Å²) in [4.78, 5) is 11.6. The Balaban J connectivity index is 1.85. The minimum Gasteiger partial charge on any atom is -0.369 e. The summed E-state index contributed by atoms with van der Waals surface area (Å²) in [6.07, 6.45) is 5.46. The predicted molar refractivity (Wildman–Crippen MR) is 86.8 cm³/mol. The van der Waals surface area contributed by atoms with Gasteiger partial charge in [0.25, 0.3) is 0 Å². The highest BCUT2D eigenvalue weighted by molar-refractivity contribution is 7.18. The standard InChI is InChI=1S/C15H22N4S/c1-3-16-15-18-13(17-9-11-6-4-5-7-11)12-8-10(2)20-14(12)19-15/h8,11H,3-7,9H2,1-2H3,(H2,16,17,18,19). The first-order valence-corrected chi connectivity index (χ1v) is 8.34. The number of anilines is 2. The van der Waals surface area contributed by atoms with Crippen LogP contribution in [0.2, 0.25) is 0 Å². The highest BCUT2D eigenvalue weighted by atomic mass is 32.1. The van der Waals surface area contributed by atoms with E-state index in [2.05, 4.69) is 40.5 Å². The third-order valence-electron chi connectivity index (χ3n) is 3.88. The Kier molecular flexibility index (Phi) is 4.05. The SMILES string of the molecule is CCNc1nc(NCC2CCCC2)c2cc(C)sc2n1. The zero-order valence-corrected chi connectivity index (χ0v) is 13.0. The molecule has 5 heteroatoms. The van der Waals surface area contributed by atoms with Gasteiger partial charge in [-0.3, -0.25) is 0 Å². The van der Waals surface area contributed by atoms with E-state index >= 15 is 0 Å². The highest BCUT2D eigenvalue weighted by Gasteiger charge is 2.16. The largest absolute Gasteiger partial charge is 0.369 e. The van der Waals surface area contributed by atoms with Crippen LogP contribution in [-0.4, -0.2) is 23.1 Å². The fourth-order valence-corrected chi connectivity index (χ4v) is 3.75. The monoisotopic (exact) mass is 290 g/mol. The second-order valence-corrected chi connectivity index (χ2v) is 6.77. The van der Waals surface area contributed by atoms with Gasteiger partial charge in [-0.2, -0.15) is 4.98 Å². The van der Waals surface area contributed by atoms with Crippen LogP contribution in [-0.2, 0) is 0 Å². The summed E-state index contributed by atoms with van der Waals surface area (Å²) >= 11 is 1.73. The van der Waals surface area contributed by atoms with Gasteiger partial charge in [0.2, 0.25) is 5.95 Å². The molecule has 0 unspecified atom stereocenters. The van der Waals surface area contributed by atoms with Gasteiger partial charge in [0.1, 0.15) is 10.6 Å². The van der Waals surface area contributed by atoms with Crippen molar-refractivity contribution in [2.24, 2.45) is 5.92 Å². The molecule has 1 saturated carbocycles. The molecule has 1 aliphatic rings. The minimum absolute atomic E-state index is 0.732. The summed E-state index contributed by atoms with van der Waals surface area (Å²) in [7, 11) is 0. The van der Waals surface area contributed by atoms with E-state index in [1.165, 1.54) is 30.6 Å². The normalized spacial score (nSPS) is 15.9. The molecule has 108 valence electrons. The van der Waals surface area contributed by atoms with Crippen LogP contribution in [0.3, 0.4) is 0 Å². The van der Waals surface area contributed by atoms with E-state index < -0.39 is 0 Å². The lowest BCUT2D eigenvalue weighted by atomic mass is 10.1. The number of hydrogen-bond acceptors (Lipinski definition) is 5. The van der Waals surface area contributed by atoms with Gasteiger partial charge in [0, 0.05) is 18.0 Å². The quantitative estimate of drug-likeness (QED) is 0.872. The van der Waals surface area contributed by atoms with E-state index in [-0.39, 0.29) is 0 Å². The Morgan fingerprint density at radius 2 is 2.05 bits per heavy atom. The molecule has 1 fully saturated rings.